The van der Waals surface area contributed by atoms with Gasteiger partial charge < -0.3 is 15.4 Å². The molecule has 9 heteroatoms. The summed E-state index contributed by atoms with van der Waals surface area (Å²) < 4.78 is 33.1. The number of sulfonamides is 1. The average molecular weight is 437 g/mol. The van der Waals surface area contributed by atoms with Crippen molar-refractivity contribution in [3.63, 3.8) is 0 Å². The first-order chi connectivity index (χ1) is 14.0. The lowest BCUT2D eigenvalue weighted by molar-refractivity contribution is 0.296. The quantitative estimate of drug-likeness (QED) is 0.302. The minimum absolute atomic E-state index is 0.265. The first-order valence-corrected chi connectivity index (χ1v) is 12.0. The number of hydrogen-bond donors (Lipinski definition) is 3. The zero-order chi connectivity index (χ0) is 20.7. The highest BCUT2D eigenvalue weighted by Crippen LogP contribution is 2.30. The van der Waals surface area contributed by atoms with Gasteiger partial charge in [-0.05, 0) is 48.8 Å². The van der Waals surface area contributed by atoms with Crippen LogP contribution in [-0.4, -0.2) is 41.1 Å². The molecule has 0 atom stereocenters. The molecule has 1 saturated carbocycles. The molecule has 1 aromatic heterocycles. The van der Waals surface area contributed by atoms with Gasteiger partial charge in [0.15, 0.2) is 5.96 Å². The molecule has 2 aromatic rings. The van der Waals surface area contributed by atoms with Crippen molar-refractivity contribution in [1.82, 2.24) is 15.4 Å². The van der Waals surface area contributed by atoms with Crippen LogP contribution in [0.1, 0.15) is 24.0 Å². The van der Waals surface area contributed by atoms with Gasteiger partial charge in [-0.1, -0.05) is 18.2 Å². The van der Waals surface area contributed by atoms with Crippen LogP contribution in [0.4, 0.5) is 0 Å². The van der Waals surface area contributed by atoms with Crippen molar-refractivity contribution in [3.05, 3.63) is 46.8 Å². The number of ether oxygens (including phenoxy) is 1. The van der Waals surface area contributed by atoms with E-state index in [1.54, 1.807) is 24.6 Å². The second kappa shape index (κ2) is 10.1. The Morgan fingerprint density at radius 3 is 2.76 bits per heavy atom. The van der Waals surface area contributed by atoms with Crippen LogP contribution in [0.2, 0.25) is 0 Å². The smallest absolute Gasteiger partial charge is 0.250 e. The minimum Gasteiger partial charge on any atom is -0.493 e. The van der Waals surface area contributed by atoms with Crippen molar-refractivity contribution in [3.8, 4) is 5.75 Å². The summed E-state index contributed by atoms with van der Waals surface area (Å²) in [6, 6.07) is 9.50. The van der Waals surface area contributed by atoms with Crippen molar-refractivity contribution in [2.75, 3.05) is 26.7 Å². The van der Waals surface area contributed by atoms with Gasteiger partial charge in [-0.15, -0.1) is 11.3 Å². The number of nitrogens with one attached hydrogen (secondary N) is 3. The predicted octanol–water partition coefficient (Wildman–Crippen LogP) is 2.49. The van der Waals surface area contributed by atoms with E-state index in [1.165, 1.54) is 29.7 Å². The third-order valence-electron chi connectivity index (χ3n) is 4.53. The summed E-state index contributed by atoms with van der Waals surface area (Å²) in [6.45, 7) is 4.08. The molecule has 29 heavy (non-hydrogen) atoms. The molecule has 0 aliphatic heterocycles. The van der Waals surface area contributed by atoms with Crippen molar-refractivity contribution < 1.29 is 13.2 Å². The third-order valence-corrected chi connectivity index (χ3v) is 7.39. The van der Waals surface area contributed by atoms with Gasteiger partial charge in [0.25, 0.3) is 0 Å². The monoisotopic (exact) mass is 436 g/mol. The van der Waals surface area contributed by atoms with Gasteiger partial charge in [0, 0.05) is 32.2 Å². The highest BCUT2D eigenvalue weighted by Gasteiger charge is 2.22. The van der Waals surface area contributed by atoms with Crippen LogP contribution in [0.15, 0.2) is 44.9 Å². The van der Waals surface area contributed by atoms with Gasteiger partial charge in [0.05, 0.1) is 6.61 Å². The number of aliphatic imine (C=N–C) groups is 1. The average Bonchev–Trinajstić information content (AvgIpc) is 3.36. The normalized spacial score (nSPS) is 14.6. The number of aryl methyl sites for hydroxylation is 1. The van der Waals surface area contributed by atoms with Crippen LogP contribution in [0.25, 0.3) is 0 Å². The molecule has 3 rings (SSSR count). The molecule has 0 unspecified atom stereocenters. The van der Waals surface area contributed by atoms with Crippen molar-refractivity contribution in [2.24, 2.45) is 10.9 Å². The molecule has 3 N–H and O–H groups in total. The maximum atomic E-state index is 12.1. The van der Waals surface area contributed by atoms with E-state index in [-0.39, 0.29) is 6.54 Å². The van der Waals surface area contributed by atoms with Gasteiger partial charge in [0.2, 0.25) is 10.0 Å². The van der Waals surface area contributed by atoms with Gasteiger partial charge in [-0.3, -0.25) is 4.99 Å². The number of nitrogens with zero attached hydrogens (tertiary/aromatic N) is 1. The second-order valence-corrected chi connectivity index (χ2v) is 9.99. The largest absolute Gasteiger partial charge is 0.493 e. The summed E-state index contributed by atoms with van der Waals surface area (Å²) in [4.78, 5) is 4.20. The van der Waals surface area contributed by atoms with Crippen molar-refractivity contribution >= 4 is 27.3 Å². The molecule has 0 bridgehead atoms. The fraction of sp³-hybridized carbons (Fsp3) is 0.450. The SMILES string of the molecule is CN=C(NCCNS(=O)(=O)c1cccs1)NCc1ccc(C)cc1OCC1CC1. The maximum Gasteiger partial charge on any atom is 0.250 e. The summed E-state index contributed by atoms with van der Waals surface area (Å²) in [5.74, 6) is 2.21. The van der Waals surface area contributed by atoms with E-state index in [0.717, 1.165) is 17.9 Å². The molecule has 1 aliphatic rings. The number of guanidine groups is 1. The Bertz CT molecular complexity index is 923. The Kier molecular flexibility index (Phi) is 7.51. The first kappa shape index (κ1) is 21.6. The number of hydrogen-bond acceptors (Lipinski definition) is 5. The molecule has 0 radical (unpaired) electrons. The summed E-state index contributed by atoms with van der Waals surface area (Å²) in [5, 5.41) is 8.12. The van der Waals surface area contributed by atoms with Crippen LogP contribution in [0.3, 0.4) is 0 Å². The molecule has 0 saturated heterocycles. The summed E-state index contributed by atoms with van der Waals surface area (Å²) in [5.41, 5.74) is 2.23. The van der Waals surface area contributed by atoms with E-state index >= 15 is 0 Å². The fourth-order valence-electron chi connectivity index (χ4n) is 2.69. The summed E-state index contributed by atoms with van der Waals surface area (Å²) >= 11 is 1.20. The highest BCUT2D eigenvalue weighted by atomic mass is 32.2. The molecular formula is C20H28N4O3S2. The summed E-state index contributed by atoms with van der Waals surface area (Å²) in [7, 11) is -1.76. The van der Waals surface area contributed by atoms with Crippen molar-refractivity contribution in [2.45, 2.75) is 30.5 Å². The second-order valence-electron chi connectivity index (χ2n) is 7.05. The van der Waals surface area contributed by atoms with Crippen LogP contribution in [-0.2, 0) is 16.6 Å². The minimum atomic E-state index is -3.44. The first-order valence-electron chi connectivity index (χ1n) is 9.68. The Hall–Kier alpha value is -2.10. The Morgan fingerprint density at radius 2 is 2.07 bits per heavy atom. The van der Waals surface area contributed by atoms with Crippen molar-refractivity contribution in [1.29, 1.82) is 0 Å². The Labute approximate surface area is 176 Å². The fourth-order valence-corrected chi connectivity index (χ4v) is 4.76. The van der Waals surface area contributed by atoms with Gasteiger partial charge in [-0.25, -0.2) is 13.1 Å². The Morgan fingerprint density at radius 1 is 1.24 bits per heavy atom. The molecule has 0 amide bonds. The molecule has 7 nitrogen and oxygen atoms in total. The lowest BCUT2D eigenvalue weighted by Gasteiger charge is -2.15. The molecule has 1 aromatic carbocycles. The standard InChI is InChI=1S/C20H28N4O3S2/c1-15-5-8-17(18(12-15)27-14-16-6-7-16)13-23-20(21-2)22-9-10-24-29(25,26)19-4-3-11-28-19/h3-5,8,11-12,16,24H,6-7,9-10,13-14H2,1-2H3,(H2,21,22,23). The van der Waals surface area contributed by atoms with E-state index in [0.29, 0.717) is 29.2 Å². The lowest BCUT2D eigenvalue weighted by atomic mass is 10.1. The zero-order valence-electron chi connectivity index (χ0n) is 16.8. The molecule has 158 valence electrons. The lowest BCUT2D eigenvalue weighted by Crippen LogP contribution is -2.41. The van der Waals surface area contributed by atoms with Gasteiger partial charge in [-0.2, -0.15) is 0 Å². The summed E-state index contributed by atoms with van der Waals surface area (Å²) in [6.07, 6.45) is 2.51. The molecule has 1 aliphatic carbocycles. The van der Waals surface area contributed by atoms with Gasteiger partial charge in [0.1, 0.15) is 9.96 Å². The maximum absolute atomic E-state index is 12.1. The topological polar surface area (TPSA) is 91.8 Å². The molecule has 0 spiro atoms. The zero-order valence-corrected chi connectivity index (χ0v) is 18.4. The number of thiophene rings is 1. The highest BCUT2D eigenvalue weighted by molar-refractivity contribution is 7.91. The van der Waals surface area contributed by atoms with E-state index in [2.05, 4.69) is 45.5 Å². The molecule has 1 heterocycles. The van der Waals surface area contributed by atoms with E-state index in [9.17, 15) is 8.42 Å². The Balaban J connectivity index is 1.45. The number of benzene rings is 1. The third kappa shape index (κ3) is 6.73. The van der Waals surface area contributed by atoms with E-state index in [1.807, 2.05) is 0 Å². The van der Waals surface area contributed by atoms with E-state index in [4.69, 9.17) is 4.74 Å². The molecular weight excluding hydrogens is 408 g/mol. The number of rotatable bonds is 10. The van der Waals surface area contributed by atoms with Crippen LogP contribution >= 0.6 is 11.3 Å². The van der Waals surface area contributed by atoms with Crippen LogP contribution < -0.4 is 20.1 Å². The predicted molar refractivity (Wildman–Crippen MR) is 117 cm³/mol. The van der Waals surface area contributed by atoms with Gasteiger partial charge >= 0.3 is 0 Å². The van der Waals surface area contributed by atoms with E-state index < -0.39 is 10.0 Å². The molecule has 1 fully saturated rings. The van der Waals surface area contributed by atoms with Crippen LogP contribution in [0, 0.1) is 12.8 Å². The van der Waals surface area contributed by atoms with Crippen LogP contribution in [0.5, 0.6) is 5.75 Å².